The molecular formula is C15H20N2O3. The molecule has 1 aliphatic rings. The number of carbonyl (C=O) groups excluding carboxylic acids is 2. The number of carbonyl (C=O) groups is 2. The molecule has 1 amide bonds. The maximum absolute atomic E-state index is 11.8. The monoisotopic (exact) mass is 276 g/mol. The van der Waals surface area contributed by atoms with Crippen LogP contribution in [-0.2, 0) is 16.1 Å². The van der Waals surface area contributed by atoms with E-state index in [4.69, 9.17) is 4.74 Å². The van der Waals surface area contributed by atoms with E-state index in [1.165, 1.54) is 7.11 Å². The molecule has 0 radical (unpaired) electrons. The Labute approximate surface area is 118 Å². The van der Waals surface area contributed by atoms with Crippen LogP contribution in [0.1, 0.15) is 35.7 Å². The Hall–Kier alpha value is -1.88. The average Bonchev–Trinajstić information content (AvgIpc) is 3.28. The van der Waals surface area contributed by atoms with Gasteiger partial charge in [-0.3, -0.25) is 4.79 Å². The SMILES string of the molecule is COC(=O)c1ccccc1CNC(C)C(=O)NC1CC1. The fourth-order valence-corrected chi connectivity index (χ4v) is 1.89. The molecule has 0 saturated heterocycles. The van der Waals surface area contributed by atoms with E-state index in [9.17, 15) is 9.59 Å². The number of rotatable bonds is 6. The molecule has 0 aliphatic heterocycles. The van der Waals surface area contributed by atoms with Crippen LogP contribution < -0.4 is 10.6 Å². The lowest BCUT2D eigenvalue weighted by Gasteiger charge is -2.15. The van der Waals surface area contributed by atoms with Crippen molar-refractivity contribution in [1.82, 2.24) is 10.6 Å². The Kier molecular flexibility index (Phi) is 4.74. The van der Waals surface area contributed by atoms with Crippen LogP contribution in [-0.4, -0.2) is 31.1 Å². The summed E-state index contributed by atoms with van der Waals surface area (Å²) in [6.45, 7) is 2.27. The summed E-state index contributed by atoms with van der Waals surface area (Å²) in [5.41, 5.74) is 1.35. The standard InChI is InChI=1S/C15H20N2O3/c1-10(14(18)17-12-7-8-12)16-9-11-5-3-4-6-13(11)15(19)20-2/h3-6,10,12,16H,7-9H2,1-2H3,(H,17,18). The quantitative estimate of drug-likeness (QED) is 0.767. The molecule has 1 unspecified atom stereocenters. The molecule has 0 bridgehead atoms. The summed E-state index contributed by atoms with van der Waals surface area (Å²) in [5.74, 6) is -0.361. The first-order valence-corrected chi connectivity index (χ1v) is 6.81. The van der Waals surface area contributed by atoms with Gasteiger partial charge < -0.3 is 15.4 Å². The zero-order chi connectivity index (χ0) is 14.5. The number of methoxy groups -OCH3 is 1. The smallest absolute Gasteiger partial charge is 0.338 e. The third-order valence-electron chi connectivity index (χ3n) is 3.34. The average molecular weight is 276 g/mol. The molecule has 1 fully saturated rings. The van der Waals surface area contributed by atoms with Gasteiger partial charge in [0.2, 0.25) is 5.91 Å². The van der Waals surface area contributed by atoms with Crippen LogP contribution >= 0.6 is 0 Å². The van der Waals surface area contributed by atoms with Crippen molar-refractivity contribution in [3.05, 3.63) is 35.4 Å². The molecule has 1 aromatic rings. The molecule has 0 spiro atoms. The molecule has 108 valence electrons. The number of hydrogen-bond donors (Lipinski definition) is 2. The lowest BCUT2D eigenvalue weighted by Crippen LogP contribution is -2.42. The Morgan fingerprint density at radius 2 is 2.05 bits per heavy atom. The molecule has 1 atom stereocenters. The number of nitrogens with one attached hydrogen (secondary N) is 2. The zero-order valence-corrected chi connectivity index (χ0v) is 11.8. The fraction of sp³-hybridized carbons (Fsp3) is 0.467. The van der Waals surface area contributed by atoms with Gasteiger partial charge in [0.25, 0.3) is 0 Å². The molecule has 2 N–H and O–H groups in total. The highest BCUT2D eigenvalue weighted by Crippen LogP contribution is 2.18. The molecule has 0 aromatic heterocycles. The van der Waals surface area contributed by atoms with Crippen molar-refractivity contribution in [3.8, 4) is 0 Å². The molecule has 1 aliphatic carbocycles. The van der Waals surface area contributed by atoms with Crippen molar-refractivity contribution < 1.29 is 14.3 Å². The first-order valence-electron chi connectivity index (χ1n) is 6.81. The maximum atomic E-state index is 11.8. The van der Waals surface area contributed by atoms with Gasteiger partial charge in [-0.2, -0.15) is 0 Å². The molecule has 5 nitrogen and oxygen atoms in total. The predicted molar refractivity (Wildman–Crippen MR) is 75.2 cm³/mol. The molecule has 2 rings (SSSR count). The van der Waals surface area contributed by atoms with Gasteiger partial charge in [0.1, 0.15) is 0 Å². The van der Waals surface area contributed by atoms with E-state index < -0.39 is 0 Å². The van der Waals surface area contributed by atoms with Gasteiger partial charge in [0.15, 0.2) is 0 Å². The molecule has 5 heteroatoms. The van der Waals surface area contributed by atoms with Gasteiger partial charge in [-0.25, -0.2) is 4.79 Å². The minimum atomic E-state index is -0.363. The minimum Gasteiger partial charge on any atom is -0.465 e. The van der Waals surface area contributed by atoms with E-state index in [0.29, 0.717) is 18.2 Å². The van der Waals surface area contributed by atoms with Crippen molar-refractivity contribution >= 4 is 11.9 Å². The summed E-state index contributed by atoms with van der Waals surface area (Å²) in [5, 5.41) is 6.08. The third-order valence-corrected chi connectivity index (χ3v) is 3.34. The van der Waals surface area contributed by atoms with Crippen molar-refractivity contribution in [2.45, 2.75) is 38.4 Å². The van der Waals surface area contributed by atoms with Gasteiger partial charge in [-0.1, -0.05) is 18.2 Å². The Morgan fingerprint density at radius 1 is 1.35 bits per heavy atom. The van der Waals surface area contributed by atoms with E-state index in [0.717, 1.165) is 18.4 Å². The minimum absolute atomic E-state index is 0.00282. The molecule has 0 heterocycles. The number of ether oxygens (including phenoxy) is 1. The lowest BCUT2D eigenvalue weighted by molar-refractivity contribution is -0.122. The van der Waals surface area contributed by atoms with Crippen LogP contribution in [0.15, 0.2) is 24.3 Å². The second-order valence-electron chi connectivity index (χ2n) is 5.03. The van der Waals surface area contributed by atoms with Crippen LogP contribution in [0, 0.1) is 0 Å². The second kappa shape index (κ2) is 6.52. The number of amides is 1. The molecule has 1 saturated carbocycles. The van der Waals surface area contributed by atoms with E-state index >= 15 is 0 Å². The lowest BCUT2D eigenvalue weighted by atomic mass is 10.1. The zero-order valence-electron chi connectivity index (χ0n) is 11.8. The first-order chi connectivity index (χ1) is 9.61. The van der Waals surface area contributed by atoms with E-state index in [1.54, 1.807) is 12.1 Å². The van der Waals surface area contributed by atoms with Crippen LogP contribution in [0.2, 0.25) is 0 Å². The first kappa shape index (κ1) is 14.5. The number of benzene rings is 1. The highest BCUT2D eigenvalue weighted by Gasteiger charge is 2.25. The maximum Gasteiger partial charge on any atom is 0.338 e. The van der Waals surface area contributed by atoms with E-state index in [1.807, 2.05) is 19.1 Å². The van der Waals surface area contributed by atoms with E-state index in [2.05, 4.69) is 10.6 Å². The molecule has 1 aromatic carbocycles. The predicted octanol–water partition coefficient (Wildman–Crippen LogP) is 1.23. The van der Waals surface area contributed by atoms with Crippen molar-refractivity contribution in [2.75, 3.05) is 7.11 Å². The Morgan fingerprint density at radius 3 is 2.70 bits per heavy atom. The van der Waals surface area contributed by atoms with Crippen LogP contribution in [0.25, 0.3) is 0 Å². The summed E-state index contributed by atoms with van der Waals surface area (Å²) < 4.78 is 4.75. The highest BCUT2D eigenvalue weighted by atomic mass is 16.5. The summed E-state index contributed by atoms with van der Waals surface area (Å²) >= 11 is 0. The normalized spacial score (nSPS) is 15.5. The molecule has 20 heavy (non-hydrogen) atoms. The topological polar surface area (TPSA) is 67.4 Å². The second-order valence-corrected chi connectivity index (χ2v) is 5.03. The Balaban J connectivity index is 1.92. The van der Waals surface area contributed by atoms with Gasteiger partial charge in [-0.05, 0) is 31.4 Å². The third kappa shape index (κ3) is 3.81. The molecular weight excluding hydrogens is 256 g/mol. The van der Waals surface area contributed by atoms with Crippen LogP contribution in [0.3, 0.4) is 0 Å². The van der Waals surface area contributed by atoms with Gasteiger partial charge in [-0.15, -0.1) is 0 Å². The fourth-order valence-electron chi connectivity index (χ4n) is 1.89. The summed E-state index contributed by atoms with van der Waals surface area (Å²) in [7, 11) is 1.36. The summed E-state index contributed by atoms with van der Waals surface area (Å²) in [6.07, 6.45) is 2.15. The summed E-state index contributed by atoms with van der Waals surface area (Å²) in [6, 6.07) is 7.29. The van der Waals surface area contributed by atoms with Gasteiger partial charge in [0.05, 0.1) is 18.7 Å². The Bertz CT molecular complexity index is 498. The van der Waals surface area contributed by atoms with Crippen molar-refractivity contribution in [2.24, 2.45) is 0 Å². The largest absolute Gasteiger partial charge is 0.465 e. The van der Waals surface area contributed by atoms with Crippen LogP contribution in [0.5, 0.6) is 0 Å². The number of hydrogen-bond acceptors (Lipinski definition) is 4. The van der Waals surface area contributed by atoms with E-state index in [-0.39, 0.29) is 17.9 Å². The van der Waals surface area contributed by atoms with Gasteiger partial charge >= 0.3 is 5.97 Å². The van der Waals surface area contributed by atoms with Crippen LogP contribution in [0.4, 0.5) is 0 Å². The number of esters is 1. The van der Waals surface area contributed by atoms with Crippen molar-refractivity contribution in [1.29, 1.82) is 0 Å². The van der Waals surface area contributed by atoms with Crippen molar-refractivity contribution in [3.63, 3.8) is 0 Å². The van der Waals surface area contributed by atoms with Gasteiger partial charge in [0, 0.05) is 12.6 Å². The summed E-state index contributed by atoms with van der Waals surface area (Å²) in [4.78, 5) is 23.5. The highest BCUT2D eigenvalue weighted by molar-refractivity contribution is 5.91.